The first-order valence-electron chi connectivity index (χ1n) is 10.8. The molecule has 3 aromatic rings. The topological polar surface area (TPSA) is 81.5 Å². The summed E-state index contributed by atoms with van der Waals surface area (Å²) in [6.45, 7) is 8.16. The third-order valence-electron chi connectivity index (χ3n) is 5.41. The van der Waals surface area contributed by atoms with Crippen molar-refractivity contribution in [3.8, 4) is 11.4 Å². The quantitative estimate of drug-likeness (QED) is 0.641. The van der Waals surface area contributed by atoms with Crippen LogP contribution in [0.1, 0.15) is 35.5 Å². The number of hydrogen-bond acceptors (Lipinski definition) is 6. The lowest BCUT2D eigenvalue weighted by molar-refractivity contribution is -0.00546. The number of hydrogen-bond donors (Lipinski definition) is 1. The molecule has 0 radical (unpaired) electrons. The molecule has 1 fully saturated rings. The van der Waals surface area contributed by atoms with E-state index in [1.807, 2.05) is 37.3 Å². The van der Waals surface area contributed by atoms with Crippen molar-refractivity contribution >= 4 is 11.7 Å². The number of nitrogens with one attached hydrogen (secondary N) is 1. The third-order valence-corrected chi connectivity index (χ3v) is 5.41. The smallest absolute Gasteiger partial charge is 0.272 e. The normalized spacial score (nSPS) is 18.4. The van der Waals surface area contributed by atoms with Crippen LogP contribution in [0.15, 0.2) is 48.8 Å². The van der Waals surface area contributed by atoms with Crippen LogP contribution < -0.4 is 15.0 Å². The van der Waals surface area contributed by atoms with Gasteiger partial charge < -0.3 is 19.7 Å². The second-order valence-electron chi connectivity index (χ2n) is 8.19. The van der Waals surface area contributed by atoms with E-state index in [9.17, 15) is 4.79 Å². The van der Waals surface area contributed by atoms with E-state index in [0.29, 0.717) is 18.0 Å². The molecule has 1 aromatic carbocycles. The fraction of sp³-hybridized carbons (Fsp3) is 0.375. The summed E-state index contributed by atoms with van der Waals surface area (Å²) in [6.07, 6.45) is 3.92. The highest BCUT2D eigenvalue weighted by molar-refractivity contribution is 5.92. The lowest BCUT2D eigenvalue weighted by atomic mass is 10.2. The van der Waals surface area contributed by atoms with Crippen molar-refractivity contribution < 1.29 is 14.3 Å². The molecular formula is C24H29N5O3. The zero-order chi connectivity index (χ0) is 22.7. The van der Waals surface area contributed by atoms with Crippen LogP contribution in [0.2, 0.25) is 0 Å². The molecule has 2 unspecified atom stereocenters. The number of carbonyl (C=O) groups is 1. The Hall–Kier alpha value is -3.39. The molecule has 4 rings (SSSR count). The molecule has 0 bridgehead atoms. The molecule has 2 aromatic heterocycles. The summed E-state index contributed by atoms with van der Waals surface area (Å²) in [5.74, 6) is 1.38. The molecule has 3 heterocycles. The molecule has 0 aliphatic carbocycles. The van der Waals surface area contributed by atoms with E-state index < -0.39 is 0 Å². The summed E-state index contributed by atoms with van der Waals surface area (Å²) in [5.41, 5.74) is 3.14. The number of carbonyl (C=O) groups excluding carboxylic acids is 1. The van der Waals surface area contributed by atoms with E-state index in [0.717, 1.165) is 35.7 Å². The lowest BCUT2D eigenvalue weighted by Crippen LogP contribution is -2.45. The number of morpholine rings is 1. The molecule has 0 saturated carbocycles. The van der Waals surface area contributed by atoms with E-state index in [-0.39, 0.29) is 18.1 Å². The number of rotatable bonds is 6. The van der Waals surface area contributed by atoms with Crippen molar-refractivity contribution in [3.63, 3.8) is 0 Å². The van der Waals surface area contributed by atoms with Gasteiger partial charge in [0.1, 0.15) is 17.3 Å². The van der Waals surface area contributed by atoms with Gasteiger partial charge in [0.15, 0.2) is 5.69 Å². The third kappa shape index (κ3) is 4.91. The van der Waals surface area contributed by atoms with Gasteiger partial charge in [0.2, 0.25) is 0 Å². The van der Waals surface area contributed by atoms with Crippen molar-refractivity contribution in [2.45, 2.75) is 39.5 Å². The van der Waals surface area contributed by atoms with Gasteiger partial charge in [-0.25, -0.2) is 9.67 Å². The van der Waals surface area contributed by atoms with Crippen molar-refractivity contribution in [2.75, 3.05) is 25.1 Å². The minimum atomic E-state index is -0.240. The number of ether oxygens (including phenoxy) is 2. The highest BCUT2D eigenvalue weighted by Crippen LogP contribution is 2.23. The second-order valence-corrected chi connectivity index (χ2v) is 8.19. The summed E-state index contributed by atoms with van der Waals surface area (Å²) in [4.78, 5) is 19.4. The molecule has 2 atom stereocenters. The Bertz CT molecular complexity index is 1070. The Kier molecular flexibility index (Phi) is 6.41. The van der Waals surface area contributed by atoms with Gasteiger partial charge >= 0.3 is 0 Å². The first kappa shape index (κ1) is 21.8. The summed E-state index contributed by atoms with van der Waals surface area (Å²) in [7, 11) is 1.62. The Morgan fingerprint density at radius 2 is 1.97 bits per heavy atom. The fourth-order valence-corrected chi connectivity index (χ4v) is 3.90. The lowest BCUT2D eigenvalue weighted by Gasteiger charge is -2.36. The van der Waals surface area contributed by atoms with E-state index in [1.54, 1.807) is 30.3 Å². The van der Waals surface area contributed by atoms with Gasteiger partial charge in [-0.1, -0.05) is 12.1 Å². The monoisotopic (exact) mass is 435 g/mol. The average Bonchev–Trinajstić information content (AvgIpc) is 3.27. The maximum absolute atomic E-state index is 12.6. The Morgan fingerprint density at radius 3 is 2.66 bits per heavy atom. The largest absolute Gasteiger partial charge is 0.494 e. The van der Waals surface area contributed by atoms with Crippen LogP contribution in [-0.4, -0.2) is 53.1 Å². The predicted octanol–water partition coefficient (Wildman–Crippen LogP) is 3.13. The van der Waals surface area contributed by atoms with Crippen molar-refractivity contribution in [1.29, 1.82) is 0 Å². The standard InChI is InChI=1S/C24H29N5O3/c1-16-5-7-22(31-4)21(11-16)29-10-9-20(27-29)24(30)26-13-19-6-8-23(25-12-19)28-14-17(2)32-18(3)15-28/h5-12,17-18H,13-15H2,1-4H3,(H,26,30). The molecule has 8 heteroatoms. The first-order chi connectivity index (χ1) is 15.4. The number of anilines is 1. The van der Waals surface area contributed by atoms with Crippen molar-refractivity contribution in [2.24, 2.45) is 0 Å². The summed E-state index contributed by atoms with van der Waals surface area (Å²) < 4.78 is 12.9. The molecule has 1 amide bonds. The van der Waals surface area contributed by atoms with Crippen molar-refractivity contribution in [1.82, 2.24) is 20.1 Å². The minimum absolute atomic E-state index is 0.180. The second kappa shape index (κ2) is 9.40. The van der Waals surface area contributed by atoms with Gasteiger partial charge in [0.25, 0.3) is 5.91 Å². The summed E-state index contributed by atoms with van der Waals surface area (Å²) >= 11 is 0. The van der Waals surface area contributed by atoms with Crippen LogP contribution in [0.25, 0.3) is 5.69 Å². The van der Waals surface area contributed by atoms with Gasteiger partial charge in [0, 0.05) is 32.0 Å². The highest BCUT2D eigenvalue weighted by Gasteiger charge is 2.23. The molecule has 32 heavy (non-hydrogen) atoms. The molecule has 1 N–H and O–H groups in total. The SMILES string of the molecule is COc1ccc(C)cc1-n1ccc(C(=O)NCc2ccc(N3CC(C)OC(C)C3)nc2)n1. The molecular weight excluding hydrogens is 406 g/mol. The van der Waals surface area contributed by atoms with Crippen molar-refractivity contribution in [3.05, 3.63) is 65.6 Å². The van der Waals surface area contributed by atoms with E-state index in [1.165, 1.54) is 0 Å². The van der Waals surface area contributed by atoms with E-state index >= 15 is 0 Å². The Balaban J connectivity index is 1.38. The molecule has 168 valence electrons. The van der Waals surface area contributed by atoms with Gasteiger partial charge in [0.05, 0.1) is 19.3 Å². The van der Waals surface area contributed by atoms with Crippen LogP contribution >= 0.6 is 0 Å². The van der Waals surface area contributed by atoms with Crippen LogP contribution in [0.5, 0.6) is 5.75 Å². The van der Waals surface area contributed by atoms with E-state index in [4.69, 9.17) is 9.47 Å². The number of aryl methyl sites for hydroxylation is 1. The Labute approximate surface area is 188 Å². The number of amides is 1. The van der Waals surface area contributed by atoms with Crippen LogP contribution in [-0.2, 0) is 11.3 Å². The zero-order valence-electron chi connectivity index (χ0n) is 18.9. The molecule has 1 aliphatic heterocycles. The first-order valence-corrected chi connectivity index (χ1v) is 10.8. The van der Waals surface area contributed by atoms with Gasteiger partial charge in [-0.2, -0.15) is 5.10 Å². The highest BCUT2D eigenvalue weighted by atomic mass is 16.5. The van der Waals surface area contributed by atoms with Gasteiger partial charge in [-0.05, 0) is 56.2 Å². The number of benzene rings is 1. The number of methoxy groups -OCH3 is 1. The fourth-order valence-electron chi connectivity index (χ4n) is 3.90. The molecule has 1 aliphatic rings. The number of aromatic nitrogens is 3. The number of nitrogens with zero attached hydrogens (tertiary/aromatic N) is 4. The predicted molar refractivity (Wildman–Crippen MR) is 122 cm³/mol. The van der Waals surface area contributed by atoms with Crippen LogP contribution in [0.3, 0.4) is 0 Å². The van der Waals surface area contributed by atoms with Gasteiger partial charge in [-0.3, -0.25) is 4.79 Å². The zero-order valence-corrected chi connectivity index (χ0v) is 18.9. The minimum Gasteiger partial charge on any atom is -0.494 e. The Morgan fingerprint density at radius 1 is 1.19 bits per heavy atom. The van der Waals surface area contributed by atoms with Crippen LogP contribution in [0, 0.1) is 6.92 Å². The van der Waals surface area contributed by atoms with E-state index in [2.05, 4.69) is 34.1 Å². The summed E-state index contributed by atoms with van der Waals surface area (Å²) in [6, 6.07) is 11.5. The molecule has 1 saturated heterocycles. The van der Waals surface area contributed by atoms with Gasteiger partial charge in [-0.15, -0.1) is 0 Å². The molecule has 8 nitrogen and oxygen atoms in total. The maximum atomic E-state index is 12.6. The average molecular weight is 436 g/mol. The summed E-state index contributed by atoms with van der Waals surface area (Å²) in [5, 5.41) is 7.34. The van der Waals surface area contributed by atoms with Crippen LogP contribution in [0.4, 0.5) is 5.82 Å². The maximum Gasteiger partial charge on any atom is 0.272 e. The molecule has 0 spiro atoms. The number of pyridine rings is 1.